The SMILES string of the molecule is CC/C=C\C/C=C\C/C=C\C/C=C\C/C=C\CCCC(=O)OCC(COCCCCCCCCCC)OC(=O)C/C=C\C/C=C\C/C=C\C/C=C\C/C=C\CC. The summed E-state index contributed by atoms with van der Waals surface area (Å²) in [4.78, 5) is 25.1. The fourth-order valence-electron chi connectivity index (χ4n) is 5.32. The van der Waals surface area contributed by atoms with Crippen molar-refractivity contribution in [2.24, 2.45) is 0 Å². The van der Waals surface area contributed by atoms with Crippen LogP contribution in [-0.2, 0) is 23.8 Å². The molecule has 0 aliphatic rings. The maximum Gasteiger partial charge on any atom is 0.310 e. The van der Waals surface area contributed by atoms with Crippen LogP contribution in [0, 0.1) is 0 Å². The minimum atomic E-state index is -0.616. The van der Waals surface area contributed by atoms with E-state index in [0.717, 1.165) is 83.5 Å². The van der Waals surface area contributed by atoms with E-state index in [4.69, 9.17) is 14.2 Å². The normalized spacial score (nSPS) is 13.4. The highest BCUT2D eigenvalue weighted by Gasteiger charge is 2.17. The van der Waals surface area contributed by atoms with Gasteiger partial charge in [0.2, 0.25) is 0 Å². The van der Waals surface area contributed by atoms with Gasteiger partial charge in [0.05, 0.1) is 13.0 Å². The summed E-state index contributed by atoms with van der Waals surface area (Å²) < 4.78 is 17.1. The monoisotopic (exact) mass is 773 g/mol. The first kappa shape index (κ1) is 52.3. The number of hydrogen-bond donors (Lipinski definition) is 0. The molecule has 0 aliphatic heterocycles. The number of carbonyl (C=O) groups excluding carboxylic acids is 2. The second-order valence-electron chi connectivity index (χ2n) is 13.9. The van der Waals surface area contributed by atoms with Gasteiger partial charge in [0.15, 0.2) is 6.10 Å². The van der Waals surface area contributed by atoms with Crippen LogP contribution in [0.3, 0.4) is 0 Å². The van der Waals surface area contributed by atoms with Crippen LogP contribution in [0.1, 0.15) is 162 Å². The third kappa shape index (κ3) is 43.0. The van der Waals surface area contributed by atoms with E-state index >= 15 is 0 Å². The molecule has 0 saturated carbocycles. The molecule has 1 unspecified atom stereocenters. The van der Waals surface area contributed by atoms with Crippen LogP contribution in [0.25, 0.3) is 0 Å². The Kier molecular flexibility index (Phi) is 42.7. The van der Waals surface area contributed by atoms with Crippen molar-refractivity contribution in [1.82, 2.24) is 0 Å². The van der Waals surface area contributed by atoms with E-state index in [9.17, 15) is 9.59 Å². The topological polar surface area (TPSA) is 61.8 Å². The summed E-state index contributed by atoms with van der Waals surface area (Å²) in [6.45, 7) is 7.38. The molecule has 0 amide bonds. The Labute approximate surface area is 344 Å². The van der Waals surface area contributed by atoms with Crippen molar-refractivity contribution in [1.29, 1.82) is 0 Å². The molecule has 0 saturated heterocycles. The van der Waals surface area contributed by atoms with Gasteiger partial charge in [0.25, 0.3) is 0 Å². The van der Waals surface area contributed by atoms with Gasteiger partial charge in [-0.05, 0) is 83.5 Å². The van der Waals surface area contributed by atoms with E-state index in [0.29, 0.717) is 19.4 Å². The second-order valence-corrected chi connectivity index (χ2v) is 13.9. The zero-order chi connectivity index (χ0) is 40.7. The van der Waals surface area contributed by atoms with Crippen LogP contribution in [0.15, 0.2) is 122 Å². The predicted molar refractivity (Wildman–Crippen MR) is 242 cm³/mol. The van der Waals surface area contributed by atoms with Gasteiger partial charge in [-0.25, -0.2) is 0 Å². The average Bonchev–Trinajstić information content (AvgIpc) is 3.20. The molecule has 314 valence electrons. The summed E-state index contributed by atoms with van der Waals surface area (Å²) >= 11 is 0. The van der Waals surface area contributed by atoms with Crippen LogP contribution in [-0.4, -0.2) is 37.9 Å². The lowest BCUT2D eigenvalue weighted by molar-refractivity contribution is -0.162. The largest absolute Gasteiger partial charge is 0.462 e. The van der Waals surface area contributed by atoms with Crippen LogP contribution < -0.4 is 0 Å². The van der Waals surface area contributed by atoms with Crippen molar-refractivity contribution in [2.75, 3.05) is 19.8 Å². The number of unbranched alkanes of at least 4 members (excludes halogenated alkanes) is 8. The fourth-order valence-corrected chi connectivity index (χ4v) is 5.32. The molecule has 1 atom stereocenters. The van der Waals surface area contributed by atoms with Crippen molar-refractivity contribution < 1.29 is 23.8 Å². The smallest absolute Gasteiger partial charge is 0.310 e. The highest BCUT2D eigenvalue weighted by molar-refractivity contribution is 5.71. The summed E-state index contributed by atoms with van der Waals surface area (Å²) in [5.41, 5.74) is 0. The Balaban J connectivity index is 4.46. The molecule has 0 aromatic carbocycles. The molecule has 0 fully saturated rings. The van der Waals surface area contributed by atoms with Crippen molar-refractivity contribution in [2.45, 2.75) is 168 Å². The molecule has 0 N–H and O–H groups in total. The van der Waals surface area contributed by atoms with Crippen molar-refractivity contribution in [3.8, 4) is 0 Å². The van der Waals surface area contributed by atoms with Crippen molar-refractivity contribution >= 4 is 11.9 Å². The molecule has 0 radical (unpaired) electrons. The van der Waals surface area contributed by atoms with Gasteiger partial charge in [-0.2, -0.15) is 0 Å². The molecule has 0 spiro atoms. The fraction of sp³-hybridized carbons (Fsp3) is 0.569. The summed E-state index contributed by atoms with van der Waals surface area (Å²) in [6, 6.07) is 0. The van der Waals surface area contributed by atoms with E-state index in [1.807, 2.05) is 12.2 Å². The molecule has 0 rings (SSSR count). The summed E-state index contributed by atoms with van der Waals surface area (Å²) in [5.74, 6) is -0.624. The van der Waals surface area contributed by atoms with Gasteiger partial charge in [-0.1, -0.05) is 187 Å². The summed E-state index contributed by atoms with van der Waals surface area (Å²) in [6.07, 6.45) is 63.7. The number of carbonyl (C=O) groups is 2. The van der Waals surface area contributed by atoms with Crippen LogP contribution in [0.4, 0.5) is 0 Å². The van der Waals surface area contributed by atoms with Crippen molar-refractivity contribution in [3.63, 3.8) is 0 Å². The number of rotatable bonds is 38. The molecule has 0 aliphatic carbocycles. The third-order valence-electron chi connectivity index (χ3n) is 8.53. The third-order valence-corrected chi connectivity index (χ3v) is 8.53. The summed E-state index contributed by atoms with van der Waals surface area (Å²) in [7, 11) is 0. The average molecular weight is 773 g/mol. The number of hydrogen-bond acceptors (Lipinski definition) is 5. The first-order valence-electron chi connectivity index (χ1n) is 22.1. The number of esters is 2. The second kappa shape index (κ2) is 45.7. The minimum Gasteiger partial charge on any atom is -0.462 e. The Morgan fingerprint density at radius 1 is 0.429 bits per heavy atom. The first-order valence-corrected chi connectivity index (χ1v) is 22.1. The van der Waals surface area contributed by atoms with Gasteiger partial charge in [0, 0.05) is 13.0 Å². The Bertz CT molecular complexity index is 1190. The van der Waals surface area contributed by atoms with E-state index in [-0.39, 0.29) is 31.6 Å². The lowest BCUT2D eigenvalue weighted by Gasteiger charge is -2.18. The molecular formula is C51H80O5. The standard InChI is InChI=1S/C51H80O5/c1-4-7-10-13-16-19-21-23-25-26-28-29-31-33-35-38-41-44-50(52)55-48-49(47-54-46-43-40-37-18-15-12-9-6-3)56-51(53)45-42-39-36-34-32-30-27-24-22-20-17-14-11-8-5-2/h7-8,10-11,16-17,19-20,23-25,27-29,32-35,39,42,49H,4-6,9,12-15,18,21-22,26,30-31,36-38,40-41,43-48H2,1-3H3/b10-7-,11-8-,19-16-,20-17-,25-23-,27-24-,29-28-,34-32-,35-33-,42-39-. The van der Waals surface area contributed by atoms with E-state index < -0.39 is 6.10 Å². The maximum absolute atomic E-state index is 12.6. The van der Waals surface area contributed by atoms with Crippen LogP contribution in [0.5, 0.6) is 0 Å². The first-order chi connectivity index (χ1) is 27.6. The van der Waals surface area contributed by atoms with Gasteiger partial charge in [-0.3, -0.25) is 9.59 Å². The molecular weight excluding hydrogens is 693 g/mol. The molecule has 0 aromatic rings. The van der Waals surface area contributed by atoms with Crippen molar-refractivity contribution in [3.05, 3.63) is 122 Å². The van der Waals surface area contributed by atoms with E-state index in [1.165, 1.54) is 38.5 Å². The Morgan fingerprint density at radius 2 is 0.839 bits per heavy atom. The minimum absolute atomic E-state index is 0.00926. The number of allylic oxidation sites excluding steroid dienone is 19. The van der Waals surface area contributed by atoms with Crippen LogP contribution in [0.2, 0.25) is 0 Å². The molecule has 5 nitrogen and oxygen atoms in total. The zero-order valence-corrected chi connectivity index (χ0v) is 35.8. The van der Waals surface area contributed by atoms with Gasteiger partial charge in [-0.15, -0.1) is 0 Å². The number of ether oxygens (including phenoxy) is 3. The van der Waals surface area contributed by atoms with E-state index in [2.05, 4.69) is 130 Å². The lowest BCUT2D eigenvalue weighted by Crippen LogP contribution is -2.29. The molecule has 0 aromatic heterocycles. The zero-order valence-electron chi connectivity index (χ0n) is 35.8. The molecule has 0 bridgehead atoms. The predicted octanol–water partition coefficient (Wildman–Crippen LogP) is 14.7. The highest BCUT2D eigenvalue weighted by atomic mass is 16.6. The molecule has 0 heterocycles. The molecule has 5 heteroatoms. The van der Waals surface area contributed by atoms with Crippen LogP contribution >= 0.6 is 0 Å². The Hall–Kier alpha value is -3.70. The maximum atomic E-state index is 12.6. The quantitative estimate of drug-likeness (QED) is 0.0355. The molecule has 56 heavy (non-hydrogen) atoms. The van der Waals surface area contributed by atoms with Gasteiger partial charge in [0.1, 0.15) is 6.61 Å². The van der Waals surface area contributed by atoms with Gasteiger partial charge >= 0.3 is 11.9 Å². The van der Waals surface area contributed by atoms with E-state index in [1.54, 1.807) is 0 Å². The highest BCUT2D eigenvalue weighted by Crippen LogP contribution is 2.09. The summed E-state index contributed by atoms with van der Waals surface area (Å²) in [5, 5.41) is 0. The Morgan fingerprint density at radius 3 is 1.30 bits per heavy atom. The van der Waals surface area contributed by atoms with Gasteiger partial charge < -0.3 is 14.2 Å². The lowest BCUT2D eigenvalue weighted by atomic mass is 10.1.